The molecule has 1 aliphatic rings. The van der Waals surface area contributed by atoms with Crippen LogP contribution in [0.4, 0.5) is 5.95 Å². The van der Waals surface area contributed by atoms with Crippen LogP contribution in [0.25, 0.3) is 0 Å². The van der Waals surface area contributed by atoms with E-state index in [-0.39, 0.29) is 0 Å². The largest absolute Gasteiger partial charge is 0.494 e. The first-order chi connectivity index (χ1) is 13.8. The minimum absolute atomic E-state index is 0.536. The molecule has 0 unspecified atom stereocenters. The predicted octanol–water partition coefficient (Wildman–Crippen LogP) is 2.07. The van der Waals surface area contributed by atoms with E-state index >= 15 is 0 Å². The summed E-state index contributed by atoms with van der Waals surface area (Å²) in [6, 6.07) is 12.1. The molecule has 3 rings (SSSR count). The highest BCUT2D eigenvalue weighted by atomic mass is 16.5. The van der Waals surface area contributed by atoms with Crippen molar-refractivity contribution < 1.29 is 4.74 Å². The smallest absolute Gasteiger partial charge is 0.225 e. The van der Waals surface area contributed by atoms with Crippen LogP contribution in [-0.4, -0.2) is 60.7 Å². The maximum Gasteiger partial charge on any atom is 0.225 e. The number of unbranched alkanes of at least 4 members (excludes halogenated alkanes) is 1. The van der Waals surface area contributed by atoms with Crippen molar-refractivity contribution >= 4 is 5.95 Å². The summed E-state index contributed by atoms with van der Waals surface area (Å²) in [5, 5.41) is 12.1. The van der Waals surface area contributed by atoms with Gasteiger partial charge in [0.1, 0.15) is 5.75 Å². The topological polar surface area (TPSA) is 77.3 Å². The summed E-state index contributed by atoms with van der Waals surface area (Å²) in [6.45, 7) is 7.41. The maximum absolute atomic E-state index is 8.56. The lowest BCUT2D eigenvalue weighted by Gasteiger charge is -2.34. The first kappa shape index (κ1) is 20.1. The van der Waals surface area contributed by atoms with Gasteiger partial charge in [0, 0.05) is 64.6 Å². The van der Waals surface area contributed by atoms with Gasteiger partial charge < -0.3 is 15.0 Å². The summed E-state index contributed by atoms with van der Waals surface area (Å²) in [6.07, 6.45) is 4.90. The summed E-state index contributed by atoms with van der Waals surface area (Å²) in [5.41, 5.74) is 1.21. The quantitative estimate of drug-likeness (QED) is 0.632. The van der Waals surface area contributed by atoms with Crippen LogP contribution in [0.3, 0.4) is 0 Å². The van der Waals surface area contributed by atoms with Crippen molar-refractivity contribution in [1.82, 2.24) is 20.2 Å². The zero-order chi connectivity index (χ0) is 19.4. The number of hydrogen-bond acceptors (Lipinski definition) is 7. The third-order valence-electron chi connectivity index (χ3n) is 4.74. The second kappa shape index (κ2) is 11.2. The minimum Gasteiger partial charge on any atom is -0.494 e. The van der Waals surface area contributed by atoms with Gasteiger partial charge in [0.2, 0.25) is 5.95 Å². The Morgan fingerprint density at radius 1 is 1.11 bits per heavy atom. The average Bonchev–Trinajstić information content (AvgIpc) is 2.76. The standard InChI is InChI=1S/C21H28N6O/c22-7-1-2-16-28-20-6-3-5-19(17-20)18-23-10-11-26-12-14-27(15-13-26)21-24-8-4-9-25-21/h3-6,8-9,17,23H,1-2,10-16,18H2. The molecule has 28 heavy (non-hydrogen) atoms. The SMILES string of the molecule is N#CCCCOc1cccc(CNCCN2CCN(c3ncccn3)CC2)c1. The molecule has 1 fully saturated rings. The van der Waals surface area contributed by atoms with Gasteiger partial charge in [0.15, 0.2) is 0 Å². The number of piperazine rings is 1. The molecule has 0 saturated carbocycles. The van der Waals surface area contributed by atoms with Gasteiger partial charge in [-0.25, -0.2) is 9.97 Å². The summed E-state index contributed by atoms with van der Waals surface area (Å²) in [4.78, 5) is 13.4. The van der Waals surface area contributed by atoms with Gasteiger partial charge in [-0.15, -0.1) is 0 Å². The number of rotatable bonds is 10. The molecule has 148 valence electrons. The van der Waals surface area contributed by atoms with E-state index in [4.69, 9.17) is 10.00 Å². The Kier molecular flexibility index (Phi) is 8.04. The van der Waals surface area contributed by atoms with Gasteiger partial charge in [-0.3, -0.25) is 4.90 Å². The van der Waals surface area contributed by atoms with Gasteiger partial charge in [-0.2, -0.15) is 5.26 Å². The molecule has 0 aliphatic carbocycles. The van der Waals surface area contributed by atoms with Crippen molar-refractivity contribution in [2.45, 2.75) is 19.4 Å². The molecule has 2 aromatic rings. The van der Waals surface area contributed by atoms with E-state index in [0.29, 0.717) is 13.0 Å². The number of nitrogens with zero attached hydrogens (tertiary/aromatic N) is 5. The molecule has 0 atom stereocenters. The summed E-state index contributed by atoms with van der Waals surface area (Å²) >= 11 is 0. The van der Waals surface area contributed by atoms with Crippen LogP contribution in [-0.2, 0) is 6.54 Å². The molecule has 1 saturated heterocycles. The van der Waals surface area contributed by atoms with Crippen LogP contribution in [0.1, 0.15) is 18.4 Å². The summed E-state index contributed by atoms with van der Waals surface area (Å²) < 4.78 is 5.69. The van der Waals surface area contributed by atoms with E-state index in [9.17, 15) is 0 Å². The molecular formula is C21H28N6O. The Bertz CT molecular complexity index is 740. The number of benzene rings is 1. The van der Waals surface area contributed by atoms with Crippen molar-refractivity contribution in [3.8, 4) is 11.8 Å². The van der Waals surface area contributed by atoms with Gasteiger partial charge in [-0.1, -0.05) is 12.1 Å². The minimum atomic E-state index is 0.536. The number of hydrogen-bond donors (Lipinski definition) is 1. The maximum atomic E-state index is 8.56. The van der Waals surface area contributed by atoms with Crippen LogP contribution in [0.5, 0.6) is 5.75 Å². The number of ether oxygens (including phenoxy) is 1. The normalized spacial score (nSPS) is 14.6. The fraction of sp³-hybridized carbons (Fsp3) is 0.476. The van der Waals surface area contributed by atoms with Crippen molar-refractivity contribution in [3.63, 3.8) is 0 Å². The van der Waals surface area contributed by atoms with E-state index in [1.165, 1.54) is 5.56 Å². The third-order valence-corrected chi connectivity index (χ3v) is 4.74. The van der Waals surface area contributed by atoms with Crippen LogP contribution < -0.4 is 15.0 Å². The van der Waals surface area contributed by atoms with Crippen molar-refractivity contribution in [2.24, 2.45) is 0 Å². The van der Waals surface area contributed by atoms with Crippen LogP contribution in [0.15, 0.2) is 42.7 Å². The second-order valence-corrected chi connectivity index (χ2v) is 6.81. The van der Waals surface area contributed by atoms with Crippen molar-refractivity contribution in [3.05, 3.63) is 48.3 Å². The van der Waals surface area contributed by atoms with Crippen molar-refractivity contribution in [1.29, 1.82) is 5.26 Å². The van der Waals surface area contributed by atoms with Gasteiger partial charge in [0.05, 0.1) is 12.7 Å². The molecule has 0 radical (unpaired) electrons. The lowest BCUT2D eigenvalue weighted by molar-refractivity contribution is 0.256. The van der Waals surface area contributed by atoms with E-state index in [1.54, 1.807) is 12.4 Å². The predicted molar refractivity (Wildman–Crippen MR) is 109 cm³/mol. The van der Waals surface area contributed by atoms with Gasteiger partial charge in [0.25, 0.3) is 0 Å². The zero-order valence-electron chi connectivity index (χ0n) is 16.3. The van der Waals surface area contributed by atoms with E-state index in [0.717, 1.165) is 63.9 Å². The molecular weight excluding hydrogens is 352 g/mol. The molecule has 1 aromatic carbocycles. The lowest BCUT2D eigenvalue weighted by Crippen LogP contribution is -2.48. The highest BCUT2D eigenvalue weighted by Crippen LogP contribution is 2.14. The van der Waals surface area contributed by atoms with E-state index in [2.05, 4.69) is 43.3 Å². The van der Waals surface area contributed by atoms with Gasteiger partial charge in [-0.05, 0) is 30.2 Å². The molecule has 1 aliphatic heterocycles. The molecule has 0 spiro atoms. The molecule has 1 aromatic heterocycles. The number of aromatic nitrogens is 2. The monoisotopic (exact) mass is 380 g/mol. The van der Waals surface area contributed by atoms with Crippen molar-refractivity contribution in [2.75, 3.05) is 50.8 Å². The summed E-state index contributed by atoms with van der Waals surface area (Å²) in [7, 11) is 0. The molecule has 2 heterocycles. The third kappa shape index (κ3) is 6.48. The second-order valence-electron chi connectivity index (χ2n) is 6.81. The van der Waals surface area contributed by atoms with Crippen LogP contribution >= 0.6 is 0 Å². The Morgan fingerprint density at radius 3 is 2.71 bits per heavy atom. The molecule has 0 amide bonds. The fourth-order valence-electron chi connectivity index (χ4n) is 3.18. The zero-order valence-corrected chi connectivity index (χ0v) is 16.3. The molecule has 1 N–H and O–H groups in total. The molecule has 7 heteroatoms. The molecule has 7 nitrogen and oxygen atoms in total. The number of anilines is 1. The van der Waals surface area contributed by atoms with E-state index < -0.39 is 0 Å². The number of nitriles is 1. The Morgan fingerprint density at radius 2 is 1.93 bits per heavy atom. The highest BCUT2D eigenvalue weighted by molar-refractivity contribution is 5.29. The Balaban J connectivity index is 1.31. The van der Waals surface area contributed by atoms with Crippen LogP contribution in [0.2, 0.25) is 0 Å². The van der Waals surface area contributed by atoms with E-state index in [1.807, 2.05) is 18.2 Å². The Hall–Kier alpha value is -2.69. The van der Waals surface area contributed by atoms with Crippen LogP contribution in [0, 0.1) is 11.3 Å². The Labute approximate surface area is 167 Å². The fourth-order valence-corrected chi connectivity index (χ4v) is 3.18. The highest BCUT2D eigenvalue weighted by Gasteiger charge is 2.18. The lowest BCUT2D eigenvalue weighted by atomic mass is 10.2. The first-order valence-corrected chi connectivity index (χ1v) is 9.89. The van der Waals surface area contributed by atoms with Gasteiger partial charge >= 0.3 is 0 Å². The molecule has 0 bridgehead atoms. The average molecular weight is 380 g/mol. The summed E-state index contributed by atoms with van der Waals surface area (Å²) in [5.74, 6) is 1.70. The number of nitrogens with one attached hydrogen (secondary N) is 1. The first-order valence-electron chi connectivity index (χ1n) is 9.89.